The van der Waals surface area contributed by atoms with Gasteiger partial charge >= 0.3 is 0 Å². The standard InChI is InChI=1S/C15H15Cl2FN2/c1-2-20-15(7-10-5-6-19-9-14(10)17)12-4-3-11(18)8-13(12)16/h3-6,8-9,15,20H,2,7H2,1H3. The van der Waals surface area contributed by atoms with Crippen LogP contribution >= 0.6 is 23.2 Å². The van der Waals surface area contributed by atoms with E-state index in [-0.39, 0.29) is 11.9 Å². The van der Waals surface area contributed by atoms with Gasteiger partial charge in [-0.05, 0) is 42.3 Å². The van der Waals surface area contributed by atoms with E-state index in [9.17, 15) is 4.39 Å². The highest BCUT2D eigenvalue weighted by molar-refractivity contribution is 6.31. The molecule has 1 aromatic heterocycles. The van der Waals surface area contributed by atoms with Gasteiger partial charge in [-0.25, -0.2) is 4.39 Å². The first-order valence-electron chi connectivity index (χ1n) is 6.38. The molecule has 2 nitrogen and oxygen atoms in total. The topological polar surface area (TPSA) is 24.9 Å². The molecule has 0 spiro atoms. The summed E-state index contributed by atoms with van der Waals surface area (Å²) < 4.78 is 13.2. The van der Waals surface area contributed by atoms with Crippen molar-refractivity contribution in [3.05, 3.63) is 63.6 Å². The van der Waals surface area contributed by atoms with E-state index < -0.39 is 0 Å². The van der Waals surface area contributed by atoms with E-state index in [1.54, 1.807) is 18.5 Å². The van der Waals surface area contributed by atoms with Crippen molar-refractivity contribution in [1.82, 2.24) is 10.3 Å². The van der Waals surface area contributed by atoms with E-state index in [0.717, 1.165) is 17.7 Å². The van der Waals surface area contributed by atoms with Gasteiger partial charge < -0.3 is 5.32 Å². The first-order valence-corrected chi connectivity index (χ1v) is 7.14. The van der Waals surface area contributed by atoms with Gasteiger partial charge in [0.1, 0.15) is 5.82 Å². The minimum atomic E-state index is -0.337. The minimum absolute atomic E-state index is 0.0204. The number of hydrogen-bond donors (Lipinski definition) is 1. The summed E-state index contributed by atoms with van der Waals surface area (Å²) in [6.07, 6.45) is 3.99. The maximum absolute atomic E-state index is 13.2. The fraction of sp³-hybridized carbons (Fsp3) is 0.267. The van der Waals surface area contributed by atoms with Crippen LogP contribution in [-0.4, -0.2) is 11.5 Å². The molecule has 1 atom stereocenters. The van der Waals surface area contributed by atoms with Crippen LogP contribution in [0.2, 0.25) is 10.0 Å². The minimum Gasteiger partial charge on any atom is -0.310 e. The fourth-order valence-electron chi connectivity index (χ4n) is 2.11. The van der Waals surface area contributed by atoms with Crippen molar-refractivity contribution in [2.75, 3.05) is 6.54 Å². The molecule has 0 aliphatic carbocycles. The van der Waals surface area contributed by atoms with Crippen LogP contribution in [0.1, 0.15) is 24.1 Å². The number of likely N-dealkylation sites (N-methyl/N-ethyl adjacent to an activating group) is 1. The van der Waals surface area contributed by atoms with Gasteiger partial charge in [-0.2, -0.15) is 0 Å². The molecule has 0 amide bonds. The number of rotatable bonds is 5. The van der Waals surface area contributed by atoms with Gasteiger partial charge in [0.15, 0.2) is 0 Å². The Hall–Kier alpha value is -1.16. The summed E-state index contributed by atoms with van der Waals surface area (Å²) in [5.74, 6) is -0.337. The Morgan fingerprint density at radius 3 is 2.70 bits per heavy atom. The number of nitrogens with zero attached hydrogens (tertiary/aromatic N) is 1. The van der Waals surface area contributed by atoms with Gasteiger partial charge in [0, 0.05) is 23.5 Å². The second-order valence-corrected chi connectivity index (χ2v) is 5.26. The van der Waals surface area contributed by atoms with Crippen LogP contribution in [0.5, 0.6) is 0 Å². The van der Waals surface area contributed by atoms with E-state index in [2.05, 4.69) is 10.3 Å². The molecule has 1 N–H and O–H groups in total. The molecule has 2 aromatic rings. The molecule has 0 saturated heterocycles. The number of halogens is 3. The normalized spacial score (nSPS) is 12.4. The zero-order valence-electron chi connectivity index (χ0n) is 11.0. The molecule has 2 rings (SSSR count). The molecule has 20 heavy (non-hydrogen) atoms. The fourth-order valence-corrected chi connectivity index (χ4v) is 2.61. The zero-order valence-corrected chi connectivity index (χ0v) is 12.5. The van der Waals surface area contributed by atoms with Crippen molar-refractivity contribution >= 4 is 23.2 Å². The van der Waals surface area contributed by atoms with E-state index >= 15 is 0 Å². The van der Waals surface area contributed by atoms with E-state index in [4.69, 9.17) is 23.2 Å². The monoisotopic (exact) mass is 312 g/mol. The maximum Gasteiger partial charge on any atom is 0.124 e. The van der Waals surface area contributed by atoms with Crippen molar-refractivity contribution < 1.29 is 4.39 Å². The molecule has 0 aliphatic rings. The van der Waals surface area contributed by atoms with Crippen molar-refractivity contribution in [1.29, 1.82) is 0 Å². The maximum atomic E-state index is 13.2. The van der Waals surface area contributed by atoms with Crippen molar-refractivity contribution in [2.45, 2.75) is 19.4 Å². The Balaban J connectivity index is 2.29. The summed E-state index contributed by atoms with van der Waals surface area (Å²) in [6, 6.07) is 6.31. The third-order valence-corrected chi connectivity index (χ3v) is 3.74. The van der Waals surface area contributed by atoms with Crippen LogP contribution in [0.25, 0.3) is 0 Å². The molecule has 0 saturated carbocycles. The molecule has 1 unspecified atom stereocenters. The predicted molar refractivity (Wildman–Crippen MR) is 80.8 cm³/mol. The SMILES string of the molecule is CCNC(Cc1ccncc1Cl)c1ccc(F)cc1Cl. The first-order chi connectivity index (χ1) is 9.61. The van der Waals surface area contributed by atoms with Crippen molar-refractivity contribution in [3.63, 3.8) is 0 Å². The molecule has 0 aliphatic heterocycles. The Bertz CT molecular complexity index is 590. The van der Waals surface area contributed by atoms with Gasteiger partial charge in [-0.1, -0.05) is 36.2 Å². The van der Waals surface area contributed by atoms with Gasteiger partial charge in [-0.15, -0.1) is 0 Å². The summed E-state index contributed by atoms with van der Waals surface area (Å²) in [7, 11) is 0. The molecule has 5 heteroatoms. The predicted octanol–water partition coefficient (Wildman–Crippen LogP) is 4.42. The highest BCUT2D eigenvalue weighted by Gasteiger charge is 2.16. The van der Waals surface area contributed by atoms with E-state index in [1.807, 2.05) is 13.0 Å². The molecule has 0 bridgehead atoms. The number of aromatic nitrogens is 1. The zero-order chi connectivity index (χ0) is 14.5. The second kappa shape index (κ2) is 7.02. The van der Waals surface area contributed by atoms with Crippen molar-refractivity contribution in [3.8, 4) is 0 Å². The molecule has 1 heterocycles. The summed E-state index contributed by atoms with van der Waals surface area (Å²) >= 11 is 12.3. The molecular weight excluding hydrogens is 298 g/mol. The lowest BCUT2D eigenvalue weighted by Gasteiger charge is -2.20. The Morgan fingerprint density at radius 2 is 2.05 bits per heavy atom. The molecule has 1 aromatic carbocycles. The Labute approximate surface area is 127 Å². The van der Waals surface area contributed by atoms with Crippen LogP contribution in [0, 0.1) is 5.82 Å². The lowest BCUT2D eigenvalue weighted by atomic mass is 9.99. The number of nitrogens with one attached hydrogen (secondary N) is 1. The number of hydrogen-bond acceptors (Lipinski definition) is 2. The van der Waals surface area contributed by atoms with Gasteiger partial charge in [0.05, 0.1) is 5.02 Å². The number of benzene rings is 1. The Morgan fingerprint density at radius 1 is 1.25 bits per heavy atom. The average Bonchev–Trinajstić information content (AvgIpc) is 2.41. The third-order valence-electron chi connectivity index (χ3n) is 3.07. The third kappa shape index (κ3) is 3.69. The van der Waals surface area contributed by atoms with Crippen LogP contribution in [0.3, 0.4) is 0 Å². The van der Waals surface area contributed by atoms with Crippen LogP contribution in [0.15, 0.2) is 36.7 Å². The summed E-state index contributed by atoms with van der Waals surface area (Å²) in [4.78, 5) is 3.97. The van der Waals surface area contributed by atoms with E-state index in [1.165, 1.54) is 12.1 Å². The summed E-state index contributed by atoms with van der Waals surface area (Å²) in [5, 5.41) is 4.39. The highest BCUT2D eigenvalue weighted by atomic mass is 35.5. The largest absolute Gasteiger partial charge is 0.310 e. The second-order valence-electron chi connectivity index (χ2n) is 4.45. The lowest BCUT2D eigenvalue weighted by Crippen LogP contribution is -2.23. The highest BCUT2D eigenvalue weighted by Crippen LogP contribution is 2.28. The number of pyridine rings is 1. The summed E-state index contributed by atoms with van der Waals surface area (Å²) in [6.45, 7) is 2.79. The van der Waals surface area contributed by atoms with Crippen molar-refractivity contribution in [2.24, 2.45) is 0 Å². The quantitative estimate of drug-likeness (QED) is 0.884. The molecule has 106 valence electrons. The average molecular weight is 313 g/mol. The molecule has 0 radical (unpaired) electrons. The first kappa shape index (κ1) is 15.2. The lowest BCUT2D eigenvalue weighted by molar-refractivity contribution is 0.547. The summed E-state index contributed by atoms with van der Waals surface area (Å²) in [5.41, 5.74) is 1.84. The Kier molecular flexibility index (Phi) is 5.35. The molecular formula is C15H15Cl2FN2. The van der Waals surface area contributed by atoms with E-state index in [0.29, 0.717) is 16.5 Å². The molecule has 0 fully saturated rings. The van der Waals surface area contributed by atoms with Gasteiger partial charge in [-0.3, -0.25) is 4.98 Å². The van der Waals surface area contributed by atoms with Crippen LogP contribution in [0.4, 0.5) is 4.39 Å². The smallest absolute Gasteiger partial charge is 0.124 e. The van der Waals surface area contributed by atoms with Crippen LogP contribution < -0.4 is 5.32 Å². The van der Waals surface area contributed by atoms with Gasteiger partial charge in [0.25, 0.3) is 0 Å². The van der Waals surface area contributed by atoms with Crippen LogP contribution in [-0.2, 0) is 6.42 Å². The van der Waals surface area contributed by atoms with Gasteiger partial charge in [0.2, 0.25) is 0 Å².